The van der Waals surface area contributed by atoms with E-state index in [9.17, 15) is 23.2 Å². The van der Waals surface area contributed by atoms with Crippen molar-refractivity contribution in [3.8, 4) is 6.07 Å². The van der Waals surface area contributed by atoms with Gasteiger partial charge in [-0.05, 0) is 24.3 Å². The number of nitriles is 1. The van der Waals surface area contributed by atoms with Gasteiger partial charge < -0.3 is 5.32 Å². The summed E-state index contributed by atoms with van der Waals surface area (Å²) >= 11 is 1.07. The average Bonchev–Trinajstić information content (AvgIpc) is 3.15. The van der Waals surface area contributed by atoms with Crippen molar-refractivity contribution in [1.29, 1.82) is 5.26 Å². The van der Waals surface area contributed by atoms with E-state index in [-0.39, 0.29) is 21.7 Å². The van der Waals surface area contributed by atoms with Crippen LogP contribution in [0.2, 0.25) is 0 Å². The number of allylic oxidation sites excluding steroid dienone is 1. The zero-order valence-corrected chi connectivity index (χ0v) is 13.7. The summed E-state index contributed by atoms with van der Waals surface area (Å²) < 4.78 is 39.1. The highest BCUT2D eigenvalue weighted by molar-refractivity contribution is 7.19. The molecular formula is C18H8F3N3OS. The molecule has 1 N–H and O–H groups in total. The number of nitrogens with zero attached hydrogens (tertiary/aromatic N) is 2. The van der Waals surface area contributed by atoms with Gasteiger partial charge in [0.1, 0.15) is 16.6 Å². The van der Waals surface area contributed by atoms with E-state index in [1.807, 2.05) is 6.07 Å². The molecule has 2 heterocycles. The number of aromatic nitrogens is 1. The molecular weight excluding hydrogens is 363 g/mol. The molecule has 1 aliphatic rings. The molecule has 0 radical (unpaired) electrons. The Bertz CT molecular complexity index is 1140. The zero-order valence-electron chi connectivity index (χ0n) is 12.9. The molecule has 4 nitrogen and oxygen atoms in total. The van der Waals surface area contributed by atoms with Gasteiger partial charge >= 0.3 is 6.18 Å². The molecule has 0 aliphatic carbocycles. The molecule has 0 saturated carbocycles. The summed E-state index contributed by atoms with van der Waals surface area (Å²) in [5.41, 5.74) is 0.710. The fourth-order valence-electron chi connectivity index (χ4n) is 2.79. The maximum absolute atomic E-state index is 12.9. The topological polar surface area (TPSA) is 65.8 Å². The van der Waals surface area contributed by atoms with E-state index in [1.165, 1.54) is 6.07 Å². The second-order valence-corrected chi connectivity index (χ2v) is 6.59. The molecule has 0 unspecified atom stereocenters. The Morgan fingerprint density at radius 1 is 1.19 bits per heavy atom. The van der Waals surface area contributed by atoms with Crippen molar-refractivity contribution < 1.29 is 18.0 Å². The quantitative estimate of drug-likeness (QED) is 0.498. The number of hydrogen-bond donors (Lipinski definition) is 1. The molecule has 1 amide bonds. The first-order chi connectivity index (χ1) is 12.4. The van der Waals surface area contributed by atoms with E-state index in [0.29, 0.717) is 16.0 Å². The van der Waals surface area contributed by atoms with E-state index >= 15 is 0 Å². The number of amides is 1. The van der Waals surface area contributed by atoms with Crippen LogP contribution >= 0.6 is 11.3 Å². The maximum Gasteiger partial charge on any atom is 0.416 e. The molecule has 0 bridgehead atoms. The van der Waals surface area contributed by atoms with Crippen LogP contribution in [0, 0.1) is 11.3 Å². The predicted octanol–water partition coefficient (Wildman–Crippen LogP) is 4.70. The van der Waals surface area contributed by atoms with Crippen molar-refractivity contribution in [3.63, 3.8) is 0 Å². The average molecular weight is 371 g/mol. The largest absolute Gasteiger partial charge is 0.416 e. The Hall–Kier alpha value is -3.18. The molecule has 26 heavy (non-hydrogen) atoms. The monoisotopic (exact) mass is 371 g/mol. The normalized spacial score (nSPS) is 15.5. The lowest BCUT2D eigenvalue weighted by molar-refractivity contribution is -0.137. The molecule has 0 spiro atoms. The highest BCUT2D eigenvalue weighted by atomic mass is 32.1. The van der Waals surface area contributed by atoms with Crippen LogP contribution in [-0.2, 0) is 11.0 Å². The SMILES string of the molecule is N#C/C(=C1\C(=O)Nc2ccccc21)c1nc2cc(C(F)(F)F)ccc2s1. The molecule has 8 heteroatoms. The zero-order chi connectivity index (χ0) is 18.5. The van der Waals surface area contributed by atoms with Crippen molar-refractivity contribution in [2.24, 2.45) is 0 Å². The van der Waals surface area contributed by atoms with Crippen LogP contribution in [0.3, 0.4) is 0 Å². The molecule has 1 aliphatic heterocycles. The van der Waals surface area contributed by atoms with Crippen LogP contribution in [-0.4, -0.2) is 10.9 Å². The van der Waals surface area contributed by atoms with Crippen LogP contribution < -0.4 is 5.32 Å². The molecule has 2 aromatic carbocycles. The van der Waals surface area contributed by atoms with E-state index in [4.69, 9.17) is 0 Å². The smallest absolute Gasteiger partial charge is 0.321 e. The molecule has 3 aromatic rings. The van der Waals surface area contributed by atoms with Gasteiger partial charge in [0.25, 0.3) is 5.91 Å². The number of para-hydroxylation sites is 1. The first-order valence-electron chi connectivity index (χ1n) is 7.42. The number of carbonyl (C=O) groups is 1. The second-order valence-electron chi connectivity index (χ2n) is 5.56. The Balaban J connectivity index is 1.91. The Morgan fingerprint density at radius 3 is 2.69 bits per heavy atom. The molecule has 0 saturated heterocycles. The van der Waals surface area contributed by atoms with E-state index in [0.717, 1.165) is 23.5 Å². The number of thiazole rings is 1. The first-order valence-corrected chi connectivity index (χ1v) is 8.23. The van der Waals surface area contributed by atoms with Crippen LogP contribution in [0.25, 0.3) is 21.4 Å². The summed E-state index contributed by atoms with van der Waals surface area (Å²) in [7, 11) is 0. The number of benzene rings is 2. The molecule has 0 fully saturated rings. The minimum Gasteiger partial charge on any atom is -0.321 e. The molecule has 1 aromatic heterocycles. The highest BCUT2D eigenvalue weighted by Gasteiger charge is 2.32. The summed E-state index contributed by atoms with van der Waals surface area (Å²) in [6.45, 7) is 0. The van der Waals surface area contributed by atoms with Gasteiger partial charge in [-0.2, -0.15) is 18.4 Å². The highest BCUT2D eigenvalue weighted by Crippen LogP contribution is 2.39. The Kier molecular flexibility index (Phi) is 3.56. The number of nitrogens with one attached hydrogen (secondary N) is 1. The summed E-state index contributed by atoms with van der Waals surface area (Å²) in [6.07, 6.45) is -4.47. The lowest BCUT2D eigenvalue weighted by Crippen LogP contribution is -2.05. The fraction of sp³-hybridized carbons (Fsp3) is 0.0556. The number of anilines is 1. The van der Waals surface area contributed by atoms with Crippen LogP contribution in [0.15, 0.2) is 42.5 Å². The summed E-state index contributed by atoms with van der Waals surface area (Å²) in [6, 6.07) is 12.1. The van der Waals surface area contributed by atoms with Gasteiger partial charge in [-0.25, -0.2) is 4.98 Å². The maximum atomic E-state index is 12.9. The third-order valence-electron chi connectivity index (χ3n) is 3.96. The summed E-state index contributed by atoms with van der Waals surface area (Å²) in [4.78, 5) is 16.5. The van der Waals surface area contributed by atoms with Gasteiger partial charge in [0.15, 0.2) is 0 Å². The van der Waals surface area contributed by atoms with Gasteiger partial charge in [0, 0.05) is 11.3 Å². The van der Waals surface area contributed by atoms with Crippen molar-refractivity contribution in [1.82, 2.24) is 4.98 Å². The standard InChI is InChI=1S/C18H8F3N3OS/c19-18(20,21)9-5-6-14-13(7-9)24-17(26-14)11(8-22)15-10-3-1-2-4-12(10)23-16(15)25/h1-7H,(H,23,25)/b15-11+. The minimum atomic E-state index is -4.47. The lowest BCUT2D eigenvalue weighted by atomic mass is 10.0. The van der Waals surface area contributed by atoms with Crippen molar-refractivity contribution in [3.05, 3.63) is 58.6 Å². The molecule has 0 atom stereocenters. The third-order valence-corrected chi connectivity index (χ3v) is 5.02. The van der Waals surface area contributed by atoms with Gasteiger partial charge in [0.05, 0.1) is 21.4 Å². The van der Waals surface area contributed by atoms with Crippen LogP contribution in [0.1, 0.15) is 16.1 Å². The number of rotatable bonds is 1. The van der Waals surface area contributed by atoms with Crippen molar-refractivity contribution in [2.45, 2.75) is 6.18 Å². The fourth-order valence-corrected chi connectivity index (χ4v) is 3.73. The number of hydrogen-bond acceptors (Lipinski definition) is 4. The van der Waals surface area contributed by atoms with Gasteiger partial charge in [-0.15, -0.1) is 11.3 Å². The van der Waals surface area contributed by atoms with Crippen molar-refractivity contribution >= 4 is 44.3 Å². The van der Waals surface area contributed by atoms with E-state index < -0.39 is 17.6 Å². The summed E-state index contributed by atoms with van der Waals surface area (Å²) in [5.74, 6) is -0.432. The van der Waals surface area contributed by atoms with Gasteiger partial charge in [0.2, 0.25) is 0 Å². The van der Waals surface area contributed by atoms with Gasteiger partial charge in [-0.3, -0.25) is 4.79 Å². The van der Waals surface area contributed by atoms with Crippen molar-refractivity contribution in [2.75, 3.05) is 5.32 Å². The third kappa shape index (κ3) is 2.53. The molecule has 128 valence electrons. The van der Waals surface area contributed by atoms with Crippen LogP contribution in [0.5, 0.6) is 0 Å². The minimum absolute atomic E-state index is 0.0437. The Morgan fingerprint density at radius 2 is 1.96 bits per heavy atom. The molecule has 4 rings (SSSR count). The Labute approximate surface area is 149 Å². The van der Waals surface area contributed by atoms with Gasteiger partial charge in [-0.1, -0.05) is 18.2 Å². The second kappa shape index (κ2) is 5.68. The number of alkyl halides is 3. The first kappa shape index (κ1) is 16.3. The van der Waals surface area contributed by atoms with E-state index in [1.54, 1.807) is 24.3 Å². The van der Waals surface area contributed by atoms with Crippen LogP contribution in [0.4, 0.5) is 18.9 Å². The number of fused-ring (bicyclic) bond motifs is 2. The van der Waals surface area contributed by atoms with E-state index in [2.05, 4.69) is 10.3 Å². The summed E-state index contributed by atoms with van der Waals surface area (Å²) in [5, 5.41) is 12.5. The number of halogens is 3. The number of carbonyl (C=O) groups excluding carboxylic acids is 1. The predicted molar refractivity (Wildman–Crippen MR) is 92.1 cm³/mol. The lowest BCUT2D eigenvalue weighted by Gasteiger charge is -2.04.